The zero-order valence-corrected chi connectivity index (χ0v) is 28.3. The van der Waals surface area contributed by atoms with Gasteiger partial charge in [0.15, 0.2) is 0 Å². The van der Waals surface area contributed by atoms with E-state index in [0.29, 0.717) is 0 Å². The molecule has 0 N–H and O–H groups in total. The van der Waals surface area contributed by atoms with E-state index in [1.165, 1.54) is 87.6 Å². The first-order valence-corrected chi connectivity index (χ1v) is 17.5. The summed E-state index contributed by atoms with van der Waals surface area (Å²) in [6.45, 7) is 9.32. The lowest BCUT2D eigenvalue weighted by Gasteiger charge is -2.35. The Bertz CT molecular complexity index is 2440. The topological polar surface area (TPSA) is 0 Å². The number of rotatable bonds is 5. The number of hydrogen-bond donors (Lipinski definition) is 0. The summed E-state index contributed by atoms with van der Waals surface area (Å²) < 4.78 is 0. The first kappa shape index (κ1) is 29.0. The summed E-state index contributed by atoms with van der Waals surface area (Å²) in [6, 6.07) is 55.9. The molecule has 232 valence electrons. The van der Waals surface area contributed by atoms with Gasteiger partial charge in [0.2, 0.25) is 0 Å². The van der Waals surface area contributed by atoms with E-state index >= 15 is 0 Å². The Labute approximate surface area is 283 Å². The molecule has 0 radical (unpaired) electrons. The highest BCUT2D eigenvalue weighted by Crippen LogP contribution is 2.57. The van der Waals surface area contributed by atoms with Crippen molar-refractivity contribution in [1.29, 1.82) is 0 Å². The molecule has 1 aliphatic rings. The number of fused-ring (bicyclic) bond motifs is 7. The second kappa shape index (κ2) is 10.7. The summed E-state index contributed by atoms with van der Waals surface area (Å²) in [7, 11) is 0. The lowest BCUT2D eigenvalue weighted by Crippen LogP contribution is -2.29. The molecule has 9 rings (SSSR count). The molecule has 0 heterocycles. The first-order chi connectivity index (χ1) is 23.4. The highest BCUT2D eigenvalue weighted by atomic mass is 14.5. The lowest BCUT2D eigenvalue weighted by atomic mass is 9.66. The molecule has 0 atom stereocenters. The van der Waals surface area contributed by atoms with Crippen molar-refractivity contribution in [2.24, 2.45) is 0 Å². The number of aryl methyl sites for hydroxylation is 1. The second-order valence-corrected chi connectivity index (χ2v) is 14.3. The fourth-order valence-electron chi connectivity index (χ4n) is 8.62. The van der Waals surface area contributed by atoms with Crippen LogP contribution in [0.3, 0.4) is 0 Å². The van der Waals surface area contributed by atoms with Crippen molar-refractivity contribution in [1.82, 2.24) is 0 Å². The van der Waals surface area contributed by atoms with Gasteiger partial charge in [-0.1, -0.05) is 136 Å². The normalized spacial score (nSPS) is 13.8. The van der Waals surface area contributed by atoms with Crippen molar-refractivity contribution in [2.45, 2.75) is 51.4 Å². The third-order valence-corrected chi connectivity index (χ3v) is 11.8. The Balaban J connectivity index is 1.39. The summed E-state index contributed by atoms with van der Waals surface area (Å²) in [4.78, 5) is 0. The molecule has 0 aliphatic heterocycles. The zero-order valence-electron chi connectivity index (χ0n) is 28.3. The second-order valence-electron chi connectivity index (χ2n) is 14.3. The molecular weight excluding hydrogens is 577 g/mol. The van der Waals surface area contributed by atoms with E-state index in [-0.39, 0.29) is 5.41 Å². The van der Waals surface area contributed by atoms with Gasteiger partial charge in [-0.2, -0.15) is 0 Å². The van der Waals surface area contributed by atoms with Crippen LogP contribution in [0.4, 0.5) is 0 Å². The van der Waals surface area contributed by atoms with Crippen molar-refractivity contribution in [3.8, 4) is 11.1 Å². The lowest BCUT2D eigenvalue weighted by molar-refractivity contribution is 0.439. The molecule has 0 nitrogen and oxygen atoms in total. The minimum Gasteiger partial charge on any atom is -0.0645 e. The van der Waals surface area contributed by atoms with E-state index in [1.807, 2.05) is 0 Å². The van der Waals surface area contributed by atoms with E-state index in [0.717, 1.165) is 12.8 Å². The monoisotopic (exact) mass is 616 g/mol. The summed E-state index contributed by atoms with van der Waals surface area (Å²) in [6.07, 6.45) is 2.23. The Morgan fingerprint density at radius 2 is 0.875 bits per heavy atom. The van der Waals surface area contributed by atoms with Gasteiger partial charge in [-0.25, -0.2) is 0 Å². The molecule has 48 heavy (non-hydrogen) atoms. The molecule has 0 amide bonds. The predicted octanol–water partition coefficient (Wildman–Crippen LogP) is 13.0. The minimum atomic E-state index is -0.467. The van der Waals surface area contributed by atoms with Gasteiger partial charge in [-0.15, -0.1) is 0 Å². The van der Waals surface area contributed by atoms with Gasteiger partial charge in [0.1, 0.15) is 0 Å². The molecule has 0 spiro atoms. The zero-order chi connectivity index (χ0) is 32.6. The van der Waals surface area contributed by atoms with Crippen molar-refractivity contribution in [2.75, 3.05) is 0 Å². The van der Waals surface area contributed by atoms with Crippen LogP contribution in [0, 0.1) is 6.92 Å². The Morgan fingerprint density at radius 3 is 1.38 bits per heavy atom. The third-order valence-electron chi connectivity index (χ3n) is 11.8. The maximum absolute atomic E-state index is 2.53. The van der Waals surface area contributed by atoms with Crippen molar-refractivity contribution in [3.63, 3.8) is 0 Å². The molecule has 0 heteroatoms. The maximum atomic E-state index is 2.53. The minimum absolute atomic E-state index is 0.137. The Morgan fingerprint density at radius 1 is 0.438 bits per heavy atom. The fourth-order valence-corrected chi connectivity index (χ4v) is 8.62. The van der Waals surface area contributed by atoms with Crippen LogP contribution in [-0.4, -0.2) is 0 Å². The maximum Gasteiger partial charge on any atom is 0.0714 e. The van der Waals surface area contributed by atoms with Gasteiger partial charge in [0.25, 0.3) is 0 Å². The van der Waals surface area contributed by atoms with E-state index in [1.54, 1.807) is 0 Å². The molecule has 0 saturated heterocycles. The summed E-state index contributed by atoms with van der Waals surface area (Å²) in [5, 5.41) is 10.2. The standard InChI is InChI=1S/C48H40/c1-5-47(4,6-2)40-20-22-46-44(30-40)43-23-31(3)15-21-45(43)48(46,41-18-16-36-24-32-11-7-9-13-34(32)26-38(36)28-41)42-19-17-37-25-33-12-8-10-14-35(33)27-39(37)29-42/h7-30H,5-6H2,1-4H3. The Hall–Kier alpha value is -5.20. The van der Waals surface area contributed by atoms with Crippen LogP contribution in [0.25, 0.3) is 54.2 Å². The predicted molar refractivity (Wildman–Crippen MR) is 206 cm³/mol. The fraction of sp³-hybridized carbons (Fsp3) is 0.167. The van der Waals surface area contributed by atoms with Gasteiger partial charge in [-0.3, -0.25) is 0 Å². The summed E-state index contributed by atoms with van der Waals surface area (Å²) in [5.74, 6) is 0. The van der Waals surface area contributed by atoms with Crippen LogP contribution in [0.2, 0.25) is 0 Å². The average Bonchev–Trinajstić information content (AvgIpc) is 3.41. The van der Waals surface area contributed by atoms with Gasteiger partial charge in [0.05, 0.1) is 5.41 Å². The smallest absolute Gasteiger partial charge is 0.0645 e. The number of hydrogen-bond acceptors (Lipinski definition) is 0. The average molecular weight is 617 g/mol. The molecule has 0 aromatic heterocycles. The van der Waals surface area contributed by atoms with Crippen LogP contribution in [0.1, 0.15) is 67.0 Å². The molecule has 0 saturated carbocycles. The summed E-state index contributed by atoms with van der Waals surface area (Å²) >= 11 is 0. The highest BCUT2D eigenvalue weighted by molar-refractivity contribution is 6.01. The quantitative estimate of drug-likeness (QED) is 0.169. The van der Waals surface area contributed by atoms with Crippen molar-refractivity contribution in [3.05, 3.63) is 179 Å². The van der Waals surface area contributed by atoms with Crippen LogP contribution < -0.4 is 0 Å². The van der Waals surface area contributed by atoms with Gasteiger partial charge in [-0.05, 0) is 144 Å². The van der Waals surface area contributed by atoms with Crippen molar-refractivity contribution < 1.29 is 0 Å². The van der Waals surface area contributed by atoms with Gasteiger partial charge >= 0.3 is 0 Å². The molecule has 0 fully saturated rings. The van der Waals surface area contributed by atoms with Crippen LogP contribution in [0.15, 0.2) is 146 Å². The van der Waals surface area contributed by atoms with E-state index in [2.05, 4.69) is 173 Å². The SMILES string of the molecule is CCC(C)(CC)c1ccc2c(c1)-c1cc(C)ccc1C2(c1ccc2cc3ccccc3cc2c1)c1ccc2cc3ccccc3cc2c1. The first-order valence-electron chi connectivity index (χ1n) is 17.5. The molecule has 1 aliphatic carbocycles. The highest BCUT2D eigenvalue weighted by Gasteiger charge is 2.46. The van der Waals surface area contributed by atoms with Crippen molar-refractivity contribution >= 4 is 43.1 Å². The van der Waals surface area contributed by atoms with Gasteiger partial charge in [0, 0.05) is 0 Å². The Kier molecular flexibility index (Phi) is 6.43. The van der Waals surface area contributed by atoms with E-state index in [4.69, 9.17) is 0 Å². The molecular formula is C48H40. The van der Waals surface area contributed by atoms with E-state index in [9.17, 15) is 0 Å². The summed E-state index contributed by atoms with van der Waals surface area (Å²) in [5.41, 5.74) is 10.5. The van der Waals surface area contributed by atoms with E-state index < -0.39 is 5.41 Å². The van der Waals surface area contributed by atoms with Crippen LogP contribution >= 0.6 is 0 Å². The molecule has 8 aromatic rings. The van der Waals surface area contributed by atoms with Crippen LogP contribution in [0.5, 0.6) is 0 Å². The third kappa shape index (κ3) is 4.15. The molecule has 8 aromatic carbocycles. The van der Waals surface area contributed by atoms with Crippen LogP contribution in [-0.2, 0) is 10.8 Å². The molecule has 0 bridgehead atoms. The largest absolute Gasteiger partial charge is 0.0714 e. The molecule has 0 unspecified atom stereocenters. The van der Waals surface area contributed by atoms with Gasteiger partial charge < -0.3 is 0 Å². The number of benzene rings is 8.